The van der Waals surface area contributed by atoms with Crippen molar-refractivity contribution in [3.63, 3.8) is 0 Å². The highest BCUT2D eigenvalue weighted by Gasteiger charge is 2.07. The summed E-state index contributed by atoms with van der Waals surface area (Å²) in [6, 6.07) is 18.3. The van der Waals surface area contributed by atoms with Crippen molar-refractivity contribution in [3.05, 3.63) is 65.7 Å². The summed E-state index contributed by atoms with van der Waals surface area (Å²) in [5, 5.41) is 3.99. The number of rotatable bonds is 2. The van der Waals surface area contributed by atoms with Gasteiger partial charge in [-0.25, -0.2) is 4.98 Å². The number of nitrogen functional groups attached to an aromatic ring is 1. The number of aryl methyl sites for hydroxylation is 2. The number of hydrogen-bond acceptors (Lipinski definition) is 4. The number of fused-ring (bicyclic) bond motifs is 2. The third-order valence-corrected chi connectivity index (χ3v) is 4.06. The molecule has 4 rings (SSSR count). The molecule has 4 nitrogen and oxygen atoms in total. The normalized spacial score (nSPS) is 10.8. The van der Waals surface area contributed by atoms with Gasteiger partial charge in [0, 0.05) is 11.1 Å². The second kappa shape index (κ2) is 12.8. The molecule has 0 atom stereocenters. The summed E-state index contributed by atoms with van der Waals surface area (Å²) in [5.74, 6) is 0.535. The van der Waals surface area contributed by atoms with Gasteiger partial charge in [0.15, 0.2) is 0 Å². The van der Waals surface area contributed by atoms with E-state index in [1.165, 1.54) is 31.8 Å². The smallest absolute Gasteiger partial charge is 0.124 e. The van der Waals surface area contributed by atoms with Crippen LogP contribution in [0, 0.1) is 0 Å². The zero-order valence-corrected chi connectivity index (χ0v) is 17.2. The molecule has 0 spiro atoms. The molecule has 0 fully saturated rings. The Labute approximate surface area is 168 Å². The Kier molecular flexibility index (Phi) is 10.7. The van der Waals surface area contributed by atoms with Crippen molar-refractivity contribution in [1.29, 1.82) is 0 Å². The lowest BCUT2D eigenvalue weighted by Gasteiger charge is -2.02. The van der Waals surface area contributed by atoms with Crippen LogP contribution in [-0.4, -0.2) is 17.5 Å². The summed E-state index contributed by atoms with van der Waals surface area (Å²) in [6.07, 6.45) is 3.96. The highest BCUT2D eigenvalue weighted by atomic mass is 32.1. The molecule has 5 N–H and O–H groups in total. The Morgan fingerprint density at radius 3 is 2.19 bits per heavy atom. The molecule has 0 aliphatic heterocycles. The zero-order chi connectivity index (χ0) is 20.1. The van der Waals surface area contributed by atoms with Crippen LogP contribution < -0.4 is 16.8 Å². The molecular formula is C22H30N4S. The van der Waals surface area contributed by atoms with E-state index in [4.69, 9.17) is 18.0 Å². The molecule has 1 aromatic heterocycles. The van der Waals surface area contributed by atoms with Crippen LogP contribution in [0.25, 0.3) is 10.9 Å². The summed E-state index contributed by atoms with van der Waals surface area (Å²) in [4.78, 5) is 4.19. The van der Waals surface area contributed by atoms with Gasteiger partial charge in [-0.1, -0.05) is 50.3 Å². The number of thiocarbonyl (C=S) groups is 1. The molecule has 0 unspecified atom stereocenters. The molecule has 1 aliphatic carbocycles. The van der Waals surface area contributed by atoms with Crippen LogP contribution in [0.1, 0.15) is 31.4 Å². The predicted octanol–water partition coefficient (Wildman–Crippen LogP) is 4.96. The highest BCUT2D eigenvalue weighted by Crippen LogP contribution is 2.20. The van der Waals surface area contributed by atoms with Crippen LogP contribution >= 0.6 is 12.2 Å². The van der Waals surface area contributed by atoms with Crippen molar-refractivity contribution in [2.24, 2.45) is 5.73 Å². The van der Waals surface area contributed by atoms with Gasteiger partial charge in [-0.3, -0.25) is 0 Å². The van der Waals surface area contributed by atoms with E-state index in [0.29, 0.717) is 5.82 Å². The highest BCUT2D eigenvalue weighted by molar-refractivity contribution is 7.79. The van der Waals surface area contributed by atoms with E-state index in [0.717, 1.165) is 16.6 Å². The van der Waals surface area contributed by atoms with E-state index in [9.17, 15) is 0 Å². The SMILES string of the molecule is CC.CN.Nc1ccc2cc(NC=S)ccc2n1.c1ccc2c(c1)CCC2. The number of pyridine rings is 1. The summed E-state index contributed by atoms with van der Waals surface area (Å²) in [7, 11) is 1.50. The third-order valence-electron chi connectivity index (χ3n) is 3.95. The molecule has 0 amide bonds. The molecular weight excluding hydrogens is 352 g/mol. The number of anilines is 2. The third kappa shape index (κ3) is 6.96. The Bertz CT molecular complexity index is 810. The van der Waals surface area contributed by atoms with Crippen molar-refractivity contribution in [1.82, 2.24) is 4.98 Å². The first-order valence-electron chi connectivity index (χ1n) is 9.27. The standard InChI is InChI=1S/C10H9N3S.C9H10.C2H6.CH5N/c11-10-4-1-7-5-8(12-6-14)2-3-9(7)13-10;1-2-5-9-7-3-6-8(9)4-1;2*1-2/h1-6H,(H2,11,13)(H,12,14);1-2,4-5H,3,6-7H2;1-2H3;2H2,1H3. The van der Waals surface area contributed by atoms with Gasteiger partial charge in [-0.05, 0) is 67.8 Å². The Hall–Kier alpha value is -2.50. The first-order chi connectivity index (χ1) is 13.3. The number of hydrogen-bond donors (Lipinski definition) is 3. The van der Waals surface area contributed by atoms with Gasteiger partial charge in [-0.2, -0.15) is 0 Å². The lowest BCUT2D eigenvalue weighted by Crippen LogP contribution is -1.93. The monoisotopic (exact) mass is 382 g/mol. The van der Waals surface area contributed by atoms with Gasteiger partial charge in [0.1, 0.15) is 5.82 Å². The average Bonchev–Trinajstić information content (AvgIpc) is 3.21. The van der Waals surface area contributed by atoms with Crippen molar-refractivity contribution >= 4 is 40.1 Å². The predicted molar refractivity (Wildman–Crippen MR) is 123 cm³/mol. The number of benzene rings is 2. The lowest BCUT2D eigenvalue weighted by molar-refractivity contribution is 0.912. The largest absolute Gasteiger partial charge is 0.384 e. The van der Waals surface area contributed by atoms with Gasteiger partial charge in [-0.15, -0.1) is 0 Å². The molecule has 5 heteroatoms. The van der Waals surface area contributed by atoms with Crippen molar-refractivity contribution in [2.45, 2.75) is 33.1 Å². The fourth-order valence-electron chi connectivity index (χ4n) is 2.81. The zero-order valence-electron chi connectivity index (χ0n) is 16.4. The van der Waals surface area contributed by atoms with Gasteiger partial charge in [0.25, 0.3) is 0 Å². The van der Waals surface area contributed by atoms with Crippen LogP contribution in [0.3, 0.4) is 0 Å². The maximum atomic E-state index is 5.57. The molecule has 3 aromatic rings. The molecule has 1 heterocycles. The molecule has 1 aliphatic rings. The maximum Gasteiger partial charge on any atom is 0.124 e. The number of nitrogens with zero attached hydrogens (tertiary/aromatic N) is 1. The minimum atomic E-state index is 0.535. The molecule has 27 heavy (non-hydrogen) atoms. The fourth-order valence-corrected chi connectivity index (χ4v) is 2.95. The first-order valence-corrected chi connectivity index (χ1v) is 9.74. The minimum absolute atomic E-state index is 0.535. The van der Waals surface area contributed by atoms with Crippen molar-refractivity contribution < 1.29 is 0 Å². The summed E-state index contributed by atoms with van der Waals surface area (Å²) in [6.45, 7) is 4.00. The molecule has 2 aromatic carbocycles. The topological polar surface area (TPSA) is 77.0 Å². The molecule has 0 radical (unpaired) electrons. The number of aromatic nitrogens is 1. The number of nitrogens with two attached hydrogens (primary N) is 2. The maximum absolute atomic E-state index is 5.57. The van der Waals surface area contributed by atoms with E-state index in [-0.39, 0.29) is 0 Å². The fraction of sp³-hybridized carbons (Fsp3) is 0.273. The first kappa shape index (κ1) is 22.5. The summed E-state index contributed by atoms with van der Waals surface area (Å²) < 4.78 is 0. The summed E-state index contributed by atoms with van der Waals surface area (Å²) >= 11 is 4.71. The second-order valence-electron chi connectivity index (χ2n) is 5.53. The minimum Gasteiger partial charge on any atom is -0.384 e. The van der Waals surface area contributed by atoms with E-state index < -0.39 is 0 Å². The second-order valence-corrected chi connectivity index (χ2v) is 5.76. The molecule has 0 bridgehead atoms. The van der Waals surface area contributed by atoms with E-state index in [1.54, 1.807) is 17.2 Å². The Morgan fingerprint density at radius 1 is 0.963 bits per heavy atom. The molecule has 0 saturated carbocycles. The van der Waals surface area contributed by atoms with E-state index in [1.807, 2.05) is 38.1 Å². The van der Waals surface area contributed by atoms with Crippen LogP contribution in [0.15, 0.2) is 54.6 Å². The number of nitrogens with one attached hydrogen (secondary N) is 1. The lowest BCUT2D eigenvalue weighted by atomic mass is 10.1. The van der Waals surface area contributed by atoms with Crippen LogP contribution in [0.5, 0.6) is 0 Å². The van der Waals surface area contributed by atoms with Crippen molar-refractivity contribution in [3.8, 4) is 0 Å². The Balaban J connectivity index is 0.000000242. The quantitative estimate of drug-likeness (QED) is 0.546. The van der Waals surface area contributed by atoms with Crippen LogP contribution in [0.4, 0.5) is 11.5 Å². The summed E-state index contributed by atoms with van der Waals surface area (Å²) in [5.41, 5.74) is 16.5. The van der Waals surface area contributed by atoms with Gasteiger partial charge < -0.3 is 16.8 Å². The Morgan fingerprint density at radius 2 is 1.59 bits per heavy atom. The molecule has 0 saturated heterocycles. The van der Waals surface area contributed by atoms with Crippen LogP contribution in [-0.2, 0) is 12.8 Å². The molecule has 144 valence electrons. The average molecular weight is 383 g/mol. The van der Waals surface area contributed by atoms with Crippen molar-refractivity contribution in [2.75, 3.05) is 18.1 Å². The van der Waals surface area contributed by atoms with Gasteiger partial charge in [0.05, 0.1) is 11.0 Å². The van der Waals surface area contributed by atoms with Gasteiger partial charge >= 0.3 is 0 Å². The van der Waals surface area contributed by atoms with E-state index >= 15 is 0 Å². The van der Waals surface area contributed by atoms with E-state index in [2.05, 4.69) is 40.3 Å². The van der Waals surface area contributed by atoms with Gasteiger partial charge in [0.2, 0.25) is 0 Å². The van der Waals surface area contributed by atoms with Crippen LogP contribution in [0.2, 0.25) is 0 Å².